The fourth-order valence-electron chi connectivity index (χ4n) is 3.85. The number of nitrogens with zero attached hydrogens (tertiary/aromatic N) is 5. The predicted molar refractivity (Wildman–Crippen MR) is 104 cm³/mol. The number of piperidine rings is 1. The van der Waals surface area contributed by atoms with Gasteiger partial charge in [0, 0.05) is 44.5 Å². The van der Waals surface area contributed by atoms with Gasteiger partial charge in [-0.1, -0.05) is 6.42 Å². The quantitative estimate of drug-likeness (QED) is 0.637. The van der Waals surface area contributed by atoms with Crippen molar-refractivity contribution in [1.29, 1.82) is 0 Å². The third-order valence-corrected chi connectivity index (χ3v) is 5.39. The Labute approximate surface area is 157 Å². The van der Waals surface area contributed by atoms with Gasteiger partial charge in [-0.2, -0.15) is 5.10 Å². The van der Waals surface area contributed by atoms with E-state index >= 15 is 0 Å². The first-order valence-corrected chi connectivity index (χ1v) is 10.0. The highest BCUT2D eigenvalue weighted by Gasteiger charge is 2.25. The number of hydrogen-bond donors (Lipinski definition) is 1. The second-order valence-electron chi connectivity index (χ2n) is 7.37. The Bertz CT molecular complexity index is 586. The van der Waals surface area contributed by atoms with E-state index in [0.717, 1.165) is 44.2 Å². The molecule has 1 N–H and O–H groups in total. The molecule has 2 saturated heterocycles. The van der Waals surface area contributed by atoms with Crippen LogP contribution < -0.4 is 5.32 Å². The molecular weight excluding hydrogens is 328 g/mol. The molecule has 26 heavy (non-hydrogen) atoms. The minimum atomic E-state index is 0.0587. The maximum absolute atomic E-state index is 5.96. The van der Waals surface area contributed by atoms with E-state index in [1.54, 1.807) is 0 Å². The summed E-state index contributed by atoms with van der Waals surface area (Å²) in [4.78, 5) is 9.81. The average Bonchev–Trinajstić information content (AvgIpc) is 3.09. The SMILES string of the molecule is CCNC(=NCCN1CCCCC1C)N1CCOC(c2cnn(C)c2)C1. The third-order valence-electron chi connectivity index (χ3n) is 5.39. The van der Waals surface area contributed by atoms with Crippen molar-refractivity contribution >= 4 is 5.96 Å². The van der Waals surface area contributed by atoms with Gasteiger partial charge in [0.25, 0.3) is 0 Å². The van der Waals surface area contributed by atoms with Crippen molar-refractivity contribution in [1.82, 2.24) is 24.9 Å². The molecule has 7 heteroatoms. The molecular formula is C19H34N6O. The van der Waals surface area contributed by atoms with Gasteiger partial charge in [-0.05, 0) is 33.2 Å². The number of aromatic nitrogens is 2. The van der Waals surface area contributed by atoms with Gasteiger partial charge in [-0.3, -0.25) is 14.6 Å². The molecule has 1 aromatic rings. The van der Waals surface area contributed by atoms with Gasteiger partial charge in [0.1, 0.15) is 6.10 Å². The number of aliphatic imine (C=N–C) groups is 1. The van der Waals surface area contributed by atoms with Crippen LogP contribution in [-0.2, 0) is 11.8 Å². The van der Waals surface area contributed by atoms with Crippen molar-refractivity contribution in [3.63, 3.8) is 0 Å². The van der Waals surface area contributed by atoms with E-state index in [1.165, 1.54) is 25.8 Å². The number of ether oxygens (including phenoxy) is 1. The number of guanidine groups is 1. The van der Waals surface area contributed by atoms with E-state index in [-0.39, 0.29) is 6.10 Å². The largest absolute Gasteiger partial charge is 0.370 e. The summed E-state index contributed by atoms with van der Waals surface area (Å²) in [6.07, 6.45) is 8.01. The van der Waals surface area contributed by atoms with Gasteiger partial charge in [0.05, 0.1) is 25.9 Å². The van der Waals surface area contributed by atoms with Crippen LogP contribution in [0.5, 0.6) is 0 Å². The molecule has 146 valence electrons. The second-order valence-corrected chi connectivity index (χ2v) is 7.37. The van der Waals surface area contributed by atoms with E-state index in [4.69, 9.17) is 9.73 Å². The number of likely N-dealkylation sites (tertiary alicyclic amines) is 1. The van der Waals surface area contributed by atoms with Crippen molar-refractivity contribution in [3.8, 4) is 0 Å². The summed E-state index contributed by atoms with van der Waals surface area (Å²) in [6.45, 7) is 10.9. The van der Waals surface area contributed by atoms with Crippen LogP contribution in [0, 0.1) is 0 Å². The maximum Gasteiger partial charge on any atom is 0.194 e. The minimum Gasteiger partial charge on any atom is -0.370 e. The lowest BCUT2D eigenvalue weighted by atomic mass is 10.0. The number of nitrogens with one attached hydrogen (secondary N) is 1. The van der Waals surface area contributed by atoms with Gasteiger partial charge in [0.2, 0.25) is 0 Å². The lowest BCUT2D eigenvalue weighted by molar-refractivity contribution is -0.00806. The lowest BCUT2D eigenvalue weighted by Crippen LogP contribution is -2.48. The molecule has 2 unspecified atom stereocenters. The molecule has 1 aromatic heterocycles. The van der Waals surface area contributed by atoms with E-state index in [9.17, 15) is 0 Å². The fourth-order valence-corrected chi connectivity index (χ4v) is 3.85. The molecule has 3 rings (SSSR count). The van der Waals surface area contributed by atoms with Crippen molar-refractivity contribution in [2.24, 2.45) is 12.0 Å². The molecule has 0 saturated carbocycles. The molecule has 2 fully saturated rings. The highest BCUT2D eigenvalue weighted by atomic mass is 16.5. The molecule has 0 spiro atoms. The summed E-state index contributed by atoms with van der Waals surface area (Å²) < 4.78 is 7.79. The predicted octanol–water partition coefficient (Wildman–Crippen LogP) is 1.63. The first-order valence-electron chi connectivity index (χ1n) is 10.0. The molecule has 0 radical (unpaired) electrons. The van der Waals surface area contributed by atoms with Crippen molar-refractivity contribution < 1.29 is 4.74 Å². The number of hydrogen-bond acceptors (Lipinski definition) is 4. The topological polar surface area (TPSA) is 57.9 Å². The summed E-state index contributed by atoms with van der Waals surface area (Å²) in [6, 6.07) is 0.694. The minimum absolute atomic E-state index is 0.0587. The van der Waals surface area contributed by atoms with Gasteiger partial charge >= 0.3 is 0 Å². The number of aryl methyl sites for hydroxylation is 1. The van der Waals surface area contributed by atoms with Gasteiger partial charge in [-0.25, -0.2) is 0 Å². The standard InChI is InChI=1S/C19H34N6O/c1-4-20-19(21-8-10-24-9-6-5-7-16(24)2)25-11-12-26-18(15-25)17-13-22-23(3)14-17/h13-14,16,18H,4-12,15H2,1-3H3,(H,20,21). The van der Waals surface area contributed by atoms with Crippen LogP contribution in [0.2, 0.25) is 0 Å². The van der Waals surface area contributed by atoms with Gasteiger partial charge in [0.15, 0.2) is 5.96 Å². The Morgan fingerprint density at radius 3 is 3.00 bits per heavy atom. The lowest BCUT2D eigenvalue weighted by Gasteiger charge is -2.35. The first-order chi connectivity index (χ1) is 12.7. The maximum atomic E-state index is 5.96. The Morgan fingerprint density at radius 2 is 2.27 bits per heavy atom. The Hall–Kier alpha value is -1.60. The van der Waals surface area contributed by atoms with Crippen LogP contribution in [0.4, 0.5) is 0 Å². The van der Waals surface area contributed by atoms with Crippen molar-refractivity contribution in [2.45, 2.75) is 45.3 Å². The molecule has 2 aliphatic rings. The highest BCUT2D eigenvalue weighted by molar-refractivity contribution is 5.80. The normalized spacial score (nSPS) is 25.5. The first kappa shape index (κ1) is 19.2. The molecule has 2 atom stereocenters. The number of morpholine rings is 1. The van der Waals surface area contributed by atoms with Gasteiger partial charge in [-0.15, -0.1) is 0 Å². The third kappa shape index (κ3) is 4.98. The second kappa shape index (κ2) is 9.37. The summed E-state index contributed by atoms with van der Waals surface area (Å²) in [5, 5.41) is 7.73. The summed E-state index contributed by atoms with van der Waals surface area (Å²) in [5.74, 6) is 1.01. The van der Waals surface area contributed by atoms with E-state index < -0.39 is 0 Å². The highest BCUT2D eigenvalue weighted by Crippen LogP contribution is 2.21. The zero-order valence-electron chi connectivity index (χ0n) is 16.5. The van der Waals surface area contributed by atoms with Crippen molar-refractivity contribution in [2.75, 3.05) is 45.9 Å². The molecule has 0 aromatic carbocycles. The van der Waals surface area contributed by atoms with Crippen LogP contribution in [0.1, 0.15) is 44.8 Å². The van der Waals surface area contributed by atoms with Crippen LogP contribution in [0.25, 0.3) is 0 Å². The zero-order valence-corrected chi connectivity index (χ0v) is 16.5. The van der Waals surface area contributed by atoms with E-state index in [2.05, 4.69) is 34.1 Å². The monoisotopic (exact) mass is 362 g/mol. The Morgan fingerprint density at radius 1 is 1.38 bits per heavy atom. The van der Waals surface area contributed by atoms with E-state index in [1.807, 2.05) is 24.1 Å². The molecule has 0 amide bonds. The van der Waals surface area contributed by atoms with Crippen LogP contribution in [0.3, 0.4) is 0 Å². The zero-order chi connectivity index (χ0) is 18.4. The summed E-state index contributed by atoms with van der Waals surface area (Å²) >= 11 is 0. The Kier molecular flexibility index (Phi) is 6.91. The molecule has 2 aliphatic heterocycles. The van der Waals surface area contributed by atoms with Crippen LogP contribution >= 0.6 is 0 Å². The summed E-state index contributed by atoms with van der Waals surface area (Å²) in [7, 11) is 1.94. The summed E-state index contributed by atoms with van der Waals surface area (Å²) in [5.41, 5.74) is 1.13. The van der Waals surface area contributed by atoms with Gasteiger partial charge < -0.3 is 15.0 Å². The van der Waals surface area contributed by atoms with Crippen LogP contribution in [-0.4, -0.2) is 77.5 Å². The molecule has 3 heterocycles. The van der Waals surface area contributed by atoms with Crippen molar-refractivity contribution in [3.05, 3.63) is 18.0 Å². The van der Waals surface area contributed by atoms with E-state index in [0.29, 0.717) is 12.6 Å². The molecule has 0 aliphatic carbocycles. The fraction of sp³-hybridized carbons (Fsp3) is 0.789. The van der Waals surface area contributed by atoms with Crippen LogP contribution in [0.15, 0.2) is 17.4 Å². The smallest absolute Gasteiger partial charge is 0.194 e. The molecule has 7 nitrogen and oxygen atoms in total. The Balaban J connectivity index is 1.58. The molecule has 0 bridgehead atoms. The number of rotatable bonds is 5. The average molecular weight is 363 g/mol.